The summed E-state index contributed by atoms with van der Waals surface area (Å²) >= 11 is 0. The number of nitrogens with one attached hydrogen (secondary N) is 2. The van der Waals surface area contributed by atoms with Gasteiger partial charge in [0.15, 0.2) is 5.78 Å². The van der Waals surface area contributed by atoms with Crippen LogP contribution in [0.3, 0.4) is 0 Å². The number of rotatable bonds is 9. The number of aromatic amines is 1. The molecule has 0 spiro atoms. The summed E-state index contributed by atoms with van der Waals surface area (Å²) in [5.74, 6) is -1.42. The zero-order valence-electron chi connectivity index (χ0n) is 17.7. The topological polar surface area (TPSA) is 130 Å². The molecule has 0 unspecified atom stereocenters. The maximum Gasteiger partial charge on any atom is 0.232 e. The highest BCUT2D eigenvalue weighted by molar-refractivity contribution is 7.92. The van der Waals surface area contributed by atoms with Gasteiger partial charge in [-0.25, -0.2) is 17.8 Å². The molecule has 168 valence electrons. The summed E-state index contributed by atoms with van der Waals surface area (Å²) in [6.45, 7) is 1.88. The third-order valence-electron chi connectivity index (χ3n) is 4.81. The van der Waals surface area contributed by atoms with Crippen LogP contribution in [-0.4, -0.2) is 43.2 Å². The zero-order valence-corrected chi connectivity index (χ0v) is 18.5. The fraction of sp³-hybridized carbons (Fsp3) is 0.227. The lowest BCUT2D eigenvalue weighted by atomic mass is 10.0. The number of nitrogens with two attached hydrogens (primary N) is 1. The van der Waals surface area contributed by atoms with E-state index in [9.17, 15) is 17.6 Å². The van der Waals surface area contributed by atoms with Gasteiger partial charge in [0.05, 0.1) is 11.3 Å². The van der Waals surface area contributed by atoms with Gasteiger partial charge in [0.1, 0.15) is 11.5 Å². The first-order chi connectivity index (χ1) is 15.3. The number of halogens is 1. The van der Waals surface area contributed by atoms with Gasteiger partial charge in [0, 0.05) is 59.6 Å². The second-order valence-electron chi connectivity index (χ2n) is 7.13. The van der Waals surface area contributed by atoms with Crippen molar-refractivity contribution in [2.24, 2.45) is 10.7 Å². The summed E-state index contributed by atoms with van der Waals surface area (Å²) in [4.78, 5) is 24.3. The number of carbonyl (C=O) groups excluding carboxylic acids is 1. The van der Waals surface area contributed by atoms with Crippen LogP contribution >= 0.6 is 0 Å². The first-order valence-electron chi connectivity index (χ1n) is 9.96. The molecular formula is C22H24FN5O3S. The van der Waals surface area contributed by atoms with Crippen molar-refractivity contribution in [3.8, 4) is 0 Å². The molecule has 8 nitrogen and oxygen atoms in total. The van der Waals surface area contributed by atoms with Gasteiger partial charge < -0.3 is 10.7 Å². The number of anilines is 1. The zero-order chi connectivity index (χ0) is 23.3. The van der Waals surface area contributed by atoms with Crippen LogP contribution in [0, 0.1) is 5.82 Å². The third-order valence-corrected chi connectivity index (χ3v) is 6.18. The highest BCUT2D eigenvalue weighted by Crippen LogP contribution is 2.26. The number of carbonyl (C=O) groups is 1. The Morgan fingerprint density at radius 1 is 1.31 bits per heavy atom. The number of unbranched alkanes of at least 4 members (excludes halogenated alkanes) is 1. The number of H-pyrrole nitrogens is 1. The van der Waals surface area contributed by atoms with Crippen molar-refractivity contribution in [3.63, 3.8) is 0 Å². The Morgan fingerprint density at radius 3 is 2.78 bits per heavy atom. The van der Waals surface area contributed by atoms with Crippen molar-refractivity contribution < 1.29 is 17.6 Å². The molecule has 4 N–H and O–H groups in total. The second-order valence-corrected chi connectivity index (χ2v) is 8.97. The molecule has 1 aromatic carbocycles. The van der Waals surface area contributed by atoms with Gasteiger partial charge in [0.2, 0.25) is 10.0 Å². The van der Waals surface area contributed by atoms with E-state index in [4.69, 9.17) is 5.73 Å². The summed E-state index contributed by atoms with van der Waals surface area (Å²) in [5, 5.41) is 0.477. The molecule has 0 amide bonds. The van der Waals surface area contributed by atoms with Crippen molar-refractivity contribution >= 4 is 44.3 Å². The molecule has 0 saturated carbocycles. The molecule has 0 radical (unpaired) electrons. The Morgan fingerprint density at radius 2 is 2.09 bits per heavy atom. The Labute approximate surface area is 185 Å². The van der Waals surface area contributed by atoms with E-state index in [1.54, 1.807) is 25.5 Å². The van der Waals surface area contributed by atoms with Crippen LogP contribution in [0.5, 0.6) is 0 Å². The summed E-state index contributed by atoms with van der Waals surface area (Å²) in [6, 6.07) is 5.26. The fourth-order valence-electron chi connectivity index (χ4n) is 3.17. The van der Waals surface area contributed by atoms with Crippen LogP contribution in [0.2, 0.25) is 0 Å². The lowest BCUT2D eigenvalue weighted by molar-refractivity contribution is 0.103. The number of aliphatic imine (C=N–C) groups is 1. The lowest BCUT2D eigenvalue weighted by Gasteiger charge is -2.10. The van der Waals surface area contributed by atoms with Crippen LogP contribution in [0.4, 0.5) is 10.1 Å². The highest BCUT2D eigenvalue weighted by Gasteiger charge is 2.20. The number of allylic oxidation sites excluding steroid dienone is 1. The Balaban J connectivity index is 2.00. The van der Waals surface area contributed by atoms with Crippen molar-refractivity contribution in [2.45, 2.75) is 19.8 Å². The minimum Gasteiger partial charge on any atom is -0.404 e. The molecule has 0 saturated heterocycles. The summed E-state index contributed by atoms with van der Waals surface area (Å²) in [6.07, 6.45) is 7.17. The minimum absolute atomic E-state index is 0.0564. The molecule has 3 rings (SSSR count). The van der Waals surface area contributed by atoms with Gasteiger partial charge in [-0.15, -0.1) is 0 Å². The predicted molar refractivity (Wildman–Crippen MR) is 125 cm³/mol. The molecule has 0 fully saturated rings. The molecule has 0 aliphatic rings. The standard InChI is InChI=1S/C22H24FN5O3S/c1-3-4-7-32(30,31)28-16-5-6-20(23)18(9-16)21(29)19-13-27-22-17(19)8-14(12-26-22)15(10-24)11-25-2/h5-6,8-13,28H,3-4,7,24H2,1-2H3,(H,26,27). The van der Waals surface area contributed by atoms with Crippen molar-refractivity contribution in [2.75, 3.05) is 17.5 Å². The maximum atomic E-state index is 14.5. The predicted octanol–water partition coefficient (Wildman–Crippen LogP) is 3.48. The Hall–Kier alpha value is -3.53. The van der Waals surface area contributed by atoms with Crippen LogP contribution < -0.4 is 10.5 Å². The molecule has 0 aliphatic heterocycles. The maximum absolute atomic E-state index is 14.5. The largest absolute Gasteiger partial charge is 0.404 e. The summed E-state index contributed by atoms with van der Waals surface area (Å²) in [7, 11) is -1.99. The van der Waals surface area contributed by atoms with E-state index in [0.29, 0.717) is 28.6 Å². The molecule has 3 aromatic rings. The van der Waals surface area contributed by atoms with E-state index in [2.05, 4.69) is 19.7 Å². The van der Waals surface area contributed by atoms with E-state index in [1.807, 2.05) is 6.92 Å². The van der Waals surface area contributed by atoms with Crippen molar-refractivity contribution in [1.82, 2.24) is 9.97 Å². The Bertz CT molecular complexity index is 1310. The number of benzene rings is 1. The van der Waals surface area contributed by atoms with Crippen molar-refractivity contribution in [1.29, 1.82) is 0 Å². The minimum atomic E-state index is -3.59. The molecular weight excluding hydrogens is 433 g/mol. The lowest BCUT2D eigenvalue weighted by Crippen LogP contribution is -2.17. The van der Waals surface area contributed by atoms with Gasteiger partial charge in [0.25, 0.3) is 0 Å². The molecule has 32 heavy (non-hydrogen) atoms. The van der Waals surface area contributed by atoms with E-state index in [-0.39, 0.29) is 22.6 Å². The average molecular weight is 458 g/mol. The number of hydrogen-bond acceptors (Lipinski definition) is 6. The number of fused-ring (bicyclic) bond motifs is 1. The molecule has 10 heteroatoms. The highest BCUT2D eigenvalue weighted by atomic mass is 32.2. The normalized spacial score (nSPS) is 12.5. The van der Waals surface area contributed by atoms with E-state index >= 15 is 0 Å². The number of ketones is 1. The molecule has 0 aliphatic carbocycles. The quantitative estimate of drug-likeness (QED) is 0.334. The first-order valence-corrected chi connectivity index (χ1v) is 11.6. The number of sulfonamides is 1. The first kappa shape index (κ1) is 23.1. The molecule has 0 atom stereocenters. The van der Waals surface area contributed by atoms with Gasteiger partial charge >= 0.3 is 0 Å². The average Bonchev–Trinajstić information content (AvgIpc) is 3.20. The van der Waals surface area contributed by atoms with Gasteiger partial charge in [-0.3, -0.25) is 14.5 Å². The number of nitrogens with zero attached hydrogens (tertiary/aromatic N) is 2. The smallest absolute Gasteiger partial charge is 0.232 e. The molecule has 2 aromatic heterocycles. The van der Waals surface area contributed by atoms with Crippen LogP contribution in [0.1, 0.15) is 41.3 Å². The molecule has 2 heterocycles. The van der Waals surface area contributed by atoms with Gasteiger partial charge in [-0.1, -0.05) is 13.3 Å². The fourth-order valence-corrected chi connectivity index (χ4v) is 4.43. The van der Waals surface area contributed by atoms with Gasteiger partial charge in [-0.2, -0.15) is 0 Å². The second kappa shape index (κ2) is 9.73. The summed E-state index contributed by atoms with van der Waals surface area (Å²) < 4.78 is 41.3. The number of pyridine rings is 1. The van der Waals surface area contributed by atoms with E-state index in [0.717, 1.165) is 12.5 Å². The van der Waals surface area contributed by atoms with Crippen LogP contribution in [0.25, 0.3) is 16.6 Å². The van der Waals surface area contributed by atoms with E-state index < -0.39 is 21.6 Å². The third kappa shape index (κ3) is 5.02. The monoisotopic (exact) mass is 457 g/mol. The SMILES string of the molecule is CCCCS(=O)(=O)Nc1ccc(F)c(C(=O)c2c[nH]c3ncc(C(C=NC)=CN)cc23)c1. The Kier molecular flexibility index (Phi) is 7.04. The molecule has 0 bridgehead atoms. The number of hydrogen-bond donors (Lipinski definition) is 3. The van der Waals surface area contributed by atoms with Crippen LogP contribution in [-0.2, 0) is 10.0 Å². The van der Waals surface area contributed by atoms with E-state index in [1.165, 1.54) is 24.5 Å². The number of aromatic nitrogens is 2. The van der Waals surface area contributed by atoms with Crippen LogP contribution in [0.15, 0.2) is 47.9 Å². The van der Waals surface area contributed by atoms with Crippen molar-refractivity contribution in [3.05, 3.63) is 65.4 Å². The summed E-state index contributed by atoms with van der Waals surface area (Å²) in [5.41, 5.74) is 7.41. The van der Waals surface area contributed by atoms with Gasteiger partial charge in [-0.05, 0) is 30.7 Å².